The molecule has 1 saturated carbocycles. The Bertz CT molecular complexity index is 549. The molecule has 0 aliphatic heterocycles. The number of non-ortho nitro benzene ring substituents is 1. The van der Waals surface area contributed by atoms with Crippen molar-refractivity contribution in [1.29, 1.82) is 0 Å². The van der Waals surface area contributed by atoms with Crippen LogP contribution in [0.4, 0.5) is 5.69 Å². The molecule has 0 saturated heterocycles. The number of benzene rings is 1. The monoisotopic (exact) mass is 277 g/mol. The van der Waals surface area contributed by atoms with E-state index in [-0.39, 0.29) is 23.6 Å². The van der Waals surface area contributed by atoms with Gasteiger partial charge in [-0.1, -0.05) is 12.1 Å². The summed E-state index contributed by atoms with van der Waals surface area (Å²) >= 11 is 0. The van der Waals surface area contributed by atoms with Crippen molar-refractivity contribution in [2.45, 2.75) is 32.3 Å². The molecular formula is C14H15NO5. The van der Waals surface area contributed by atoms with Gasteiger partial charge in [-0.3, -0.25) is 14.9 Å². The molecule has 6 heteroatoms. The smallest absolute Gasteiger partial charge is 0.375 e. The third kappa shape index (κ3) is 3.01. The Kier molecular flexibility index (Phi) is 3.83. The van der Waals surface area contributed by atoms with Crippen LogP contribution in [0.25, 0.3) is 0 Å². The van der Waals surface area contributed by atoms with Crippen molar-refractivity contribution in [3.05, 3.63) is 39.9 Å². The number of nitrogens with zero attached hydrogens (tertiary/aromatic N) is 1. The second kappa shape index (κ2) is 5.40. The second-order valence-electron chi connectivity index (χ2n) is 5.12. The highest BCUT2D eigenvalue weighted by molar-refractivity contribution is 6.35. The van der Waals surface area contributed by atoms with Crippen LogP contribution in [0.1, 0.15) is 31.7 Å². The van der Waals surface area contributed by atoms with Gasteiger partial charge in [0.05, 0.1) is 11.0 Å². The van der Waals surface area contributed by atoms with Crippen molar-refractivity contribution in [2.75, 3.05) is 0 Å². The van der Waals surface area contributed by atoms with E-state index >= 15 is 0 Å². The third-order valence-electron chi connectivity index (χ3n) is 3.20. The number of carbonyl (C=O) groups is 2. The van der Waals surface area contributed by atoms with Gasteiger partial charge in [0, 0.05) is 18.1 Å². The van der Waals surface area contributed by atoms with E-state index in [4.69, 9.17) is 4.74 Å². The molecule has 1 aliphatic carbocycles. The summed E-state index contributed by atoms with van der Waals surface area (Å²) in [6.45, 7) is 3.37. The van der Waals surface area contributed by atoms with Crippen LogP contribution in [0.5, 0.6) is 0 Å². The number of nitro benzene ring substituents is 1. The zero-order valence-electron chi connectivity index (χ0n) is 11.2. The molecule has 1 aliphatic rings. The maximum atomic E-state index is 11.8. The minimum Gasteiger partial charge on any atom is -0.457 e. The van der Waals surface area contributed by atoms with Gasteiger partial charge in [-0.05, 0) is 31.7 Å². The predicted octanol–water partition coefficient (Wildman–Crippen LogP) is 2.22. The lowest BCUT2D eigenvalue weighted by atomic mass is 10.1. The first-order valence-corrected chi connectivity index (χ1v) is 6.39. The van der Waals surface area contributed by atoms with Crippen LogP contribution in [0, 0.1) is 16.0 Å². The Hall–Kier alpha value is -2.24. The molecule has 2 rings (SSSR count). The number of rotatable bonds is 5. The van der Waals surface area contributed by atoms with E-state index in [1.165, 1.54) is 12.1 Å². The first-order valence-electron chi connectivity index (χ1n) is 6.39. The van der Waals surface area contributed by atoms with E-state index in [1.54, 1.807) is 26.0 Å². The van der Waals surface area contributed by atoms with E-state index in [0.717, 1.165) is 5.56 Å². The van der Waals surface area contributed by atoms with Crippen molar-refractivity contribution in [3.63, 3.8) is 0 Å². The summed E-state index contributed by atoms with van der Waals surface area (Å²) < 4.78 is 4.87. The van der Waals surface area contributed by atoms with Crippen molar-refractivity contribution in [2.24, 2.45) is 5.92 Å². The van der Waals surface area contributed by atoms with Crippen LogP contribution >= 0.6 is 0 Å². The highest BCUT2D eigenvalue weighted by Gasteiger charge is 2.47. The number of esters is 1. The second-order valence-corrected chi connectivity index (χ2v) is 5.12. The lowest BCUT2D eigenvalue weighted by molar-refractivity contribution is -0.384. The highest BCUT2D eigenvalue weighted by Crippen LogP contribution is 2.48. The normalized spacial score (nSPS) is 20.6. The summed E-state index contributed by atoms with van der Waals surface area (Å²) in [7, 11) is 0. The van der Waals surface area contributed by atoms with Crippen LogP contribution in [0.3, 0.4) is 0 Å². The Morgan fingerprint density at radius 3 is 2.40 bits per heavy atom. The summed E-state index contributed by atoms with van der Waals surface area (Å²) in [6.07, 6.45) is 0.270. The zero-order chi connectivity index (χ0) is 14.9. The molecule has 6 nitrogen and oxygen atoms in total. The van der Waals surface area contributed by atoms with Gasteiger partial charge in [-0.15, -0.1) is 0 Å². The number of hydrogen-bond donors (Lipinski definition) is 0. The van der Waals surface area contributed by atoms with Gasteiger partial charge in [-0.2, -0.15) is 0 Å². The lowest BCUT2D eigenvalue weighted by Gasteiger charge is -2.06. The number of nitro groups is 1. The Labute approximate surface area is 115 Å². The lowest BCUT2D eigenvalue weighted by Crippen LogP contribution is -2.22. The maximum Gasteiger partial charge on any atom is 0.375 e. The molecule has 2 atom stereocenters. The van der Waals surface area contributed by atoms with Crippen molar-refractivity contribution in [3.8, 4) is 0 Å². The first kappa shape index (κ1) is 14.2. The van der Waals surface area contributed by atoms with Gasteiger partial charge in [-0.25, -0.2) is 4.79 Å². The molecule has 1 aromatic carbocycles. The number of ketones is 1. The molecule has 0 bridgehead atoms. The Balaban J connectivity index is 1.99. The third-order valence-corrected chi connectivity index (χ3v) is 3.20. The average Bonchev–Trinajstić information content (AvgIpc) is 3.17. The van der Waals surface area contributed by atoms with E-state index in [9.17, 15) is 19.7 Å². The minimum atomic E-state index is -0.797. The van der Waals surface area contributed by atoms with Gasteiger partial charge < -0.3 is 4.74 Å². The molecule has 0 N–H and O–H groups in total. The maximum absolute atomic E-state index is 11.8. The SMILES string of the molecule is CC(C)OC(=O)C(=O)C1C[C@H]1c1ccc([N+](=O)[O-])cc1. The molecule has 0 spiro atoms. The molecule has 20 heavy (non-hydrogen) atoms. The zero-order valence-corrected chi connectivity index (χ0v) is 11.2. The molecule has 1 unspecified atom stereocenters. The standard InChI is InChI=1S/C14H15NO5/c1-8(2)20-14(17)13(16)12-7-11(12)9-3-5-10(6-4-9)15(18)19/h3-6,8,11-12H,7H2,1-2H3/t11-,12?/m0/s1. The molecule has 0 radical (unpaired) electrons. The van der Waals surface area contributed by atoms with Crippen LogP contribution in [0.15, 0.2) is 24.3 Å². The van der Waals surface area contributed by atoms with Crippen molar-refractivity contribution < 1.29 is 19.2 Å². The summed E-state index contributed by atoms with van der Waals surface area (Å²) in [4.78, 5) is 33.4. The molecule has 0 aromatic heterocycles. The summed E-state index contributed by atoms with van der Waals surface area (Å²) in [5.74, 6) is -1.71. The molecule has 106 valence electrons. The molecule has 0 amide bonds. The predicted molar refractivity (Wildman–Crippen MR) is 70.2 cm³/mol. The Morgan fingerprint density at radius 1 is 1.30 bits per heavy atom. The van der Waals surface area contributed by atoms with Gasteiger partial charge in [0.1, 0.15) is 0 Å². The minimum absolute atomic E-state index is 0.0106. The topological polar surface area (TPSA) is 86.5 Å². The average molecular weight is 277 g/mol. The van der Waals surface area contributed by atoms with Crippen molar-refractivity contribution in [1.82, 2.24) is 0 Å². The number of ether oxygens (including phenoxy) is 1. The van der Waals surface area contributed by atoms with Gasteiger partial charge >= 0.3 is 5.97 Å². The van der Waals surface area contributed by atoms with Crippen LogP contribution in [0.2, 0.25) is 0 Å². The number of Topliss-reactive ketones (excluding diaryl/α,β-unsaturated/α-hetero) is 1. The van der Waals surface area contributed by atoms with Gasteiger partial charge in [0.15, 0.2) is 0 Å². The number of carbonyl (C=O) groups excluding carboxylic acids is 2. The first-order chi connectivity index (χ1) is 9.40. The molecular weight excluding hydrogens is 262 g/mol. The van der Waals surface area contributed by atoms with Crippen molar-refractivity contribution >= 4 is 17.4 Å². The fraction of sp³-hybridized carbons (Fsp3) is 0.429. The summed E-state index contributed by atoms with van der Waals surface area (Å²) in [5.41, 5.74) is 0.850. The van der Waals surface area contributed by atoms with E-state index in [1.807, 2.05) is 0 Å². The van der Waals surface area contributed by atoms with Gasteiger partial charge in [0.25, 0.3) is 5.69 Å². The largest absolute Gasteiger partial charge is 0.457 e. The molecule has 1 fully saturated rings. The van der Waals surface area contributed by atoms with E-state index < -0.39 is 16.7 Å². The van der Waals surface area contributed by atoms with Crippen LogP contribution in [-0.4, -0.2) is 22.8 Å². The van der Waals surface area contributed by atoms with E-state index in [0.29, 0.717) is 6.42 Å². The molecule has 1 aromatic rings. The summed E-state index contributed by atoms with van der Waals surface area (Å²) in [5, 5.41) is 10.6. The Morgan fingerprint density at radius 2 is 1.90 bits per heavy atom. The fourth-order valence-electron chi connectivity index (χ4n) is 2.12. The molecule has 0 heterocycles. The van der Waals surface area contributed by atoms with Crippen LogP contribution in [-0.2, 0) is 14.3 Å². The fourth-order valence-corrected chi connectivity index (χ4v) is 2.12. The number of hydrogen-bond acceptors (Lipinski definition) is 5. The van der Waals surface area contributed by atoms with Crippen LogP contribution < -0.4 is 0 Å². The quantitative estimate of drug-likeness (QED) is 0.356. The van der Waals surface area contributed by atoms with Gasteiger partial charge in [0.2, 0.25) is 5.78 Å². The summed E-state index contributed by atoms with van der Waals surface area (Å²) in [6, 6.07) is 6.07. The van der Waals surface area contributed by atoms with E-state index in [2.05, 4.69) is 0 Å². The highest BCUT2D eigenvalue weighted by atomic mass is 16.6.